The first-order chi connectivity index (χ1) is 9.29. The number of nitrogens with zero attached hydrogens (tertiary/aromatic N) is 1. The van der Waals surface area contributed by atoms with Crippen molar-refractivity contribution in [2.45, 2.75) is 38.8 Å². The normalized spacial score (nSPS) is 21.9. The third kappa shape index (κ3) is 2.51. The summed E-state index contributed by atoms with van der Waals surface area (Å²) in [6.45, 7) is 5.33. The van der Waals surface area contributed by atoms with Crippen LogP contribution in [0.4, 0.5) is 5.69 Å². The quantitative estimate of drug-likeness (QED) is 0.823. The van der Waals surface area contributed by atoms with Gasteiger partial charge in [0.25, 0.3) is 5.91 Å². The second-order valence-corrected chi connectivity index (χ2v) is 6.99. The monoisotopic (exact) mass is 402 g/mol. The van der Waals surface area contributed by atoms with Gasteiger partial charge in [0.2, 0.25) is 5.91 Å². The molecule has 108 valence electrons. The summed E-state index contributed by atoms with van der Waals surface area (Å²) < 4.78 is 1.56. The van der Waals surface area contributed by atoms with Gasteiger partial charge in [-0.15, -0.1) is 0 Å². The highest BCUT2D eigenvalue weighted by molar-refractivity contribution is 9.11. The summed E-state index contributed by atoms with van der Waals surface area (Å²) in [7, 11) is 0. The third-order valence-corrected chi connectivity index (χ3v) is 4.65. The number of benzene rings is 1. The van der Waals surface area contributed by atoms with Crippen molar-refractivity contribution in [2.75, 3.05) is 4.90 Å². The van der Waals surface area contributed by atoms with E-state index in [0.717, 1.165) is 8.95 Å². The molecule has 20 heavy (non-hydrogen) atoms. The Morgan fingerprint density at radius 3 is 2.30 bits per heavy atom. The second-order valence-electron chi connectivity index (χ2n) is 5.28. The first-order valence-corrected chi connectivity index (χ1v) is 7.98. The predicted octanol–water partition coefficient (Wildman–Crippen LogP) is 3.23. The van der Waals surface area contributed by atoms with Crippen LogP contribution in [0.5, 0.6) is 0 Å². The van der Waals surface area contributed by atoms with E-state index in [1.54, 1.807) is 18.7 Å². The van der Waals surface area contributed by atoms with E-state index >= 15 is 0 Å². The van der Waals surface area contributed by atoms with E-state index < -0.39 is 11.6 Å². The van der Waals surface area contributed by atoms with Gasteiger partial charge in [-0.2, -0.15) is 0 Å². The van der Waals surface area contributed by atoms with E-state index in [1.165, 1.54) is 0 Å². The van der Waals surface area contributed by atoms with Gasteiger partial charge in [-0.05, 0) is 64.3 Å². The number of halogens is 2. The summed E-state index contributed by atoms with van der Waals surface area (Å²) in [5, 5.41) is 2.78. The molecule has 6 heteroatoms. The van der Waals surface area contributed by atoms with Crippen LogP contribution in [-0.4, -0.2) is 23.4 Å². The minimum absolute atomic E-state index is 0.114. The Hall–Kier alpha value is -0.880. The topological polar surface area (TPSA) is 49.4 Å². The smallest absolute Gasteiger partial charge is 0.252 e. The fourth-order valence-electron chi connectivity index (χ4n) is 2.35. The summed E-state index contributed by atoms with van der Waals surface area (Å²) >= 11 is 6.94. The van der Waals surface area contributed by atoms with Crippen molar-refractivity contribution in [2.24, 2.45) is 0 Å². The molecule has 0 radical (unpaired) electrons. The van der Waals surface area contributed by atoms with Crippen molar-refractivity contribution in [3.63, 3.8) is 0 Å². The first-order valence-electron chi connectivity index (χ1n) is 6.39. The van der Waals surface area contributed by atoms with Gasteiger partial charge in [0, 0.05) is 8.95 Å². The number of piperazine rings is 1. The van der Waals surface area contributed by atoms with Crippen LogP contribution in [0.3, 0.4) is 0 Å². The van der Waals surface area contributed by atoms with E-state index in [-0.39, 0.29) is 11.8 Å². The third-order valence-electron chi connectivity index (χ3n) is 3.37. The van der Waals surface area contributed by atoms with Crippen molar-refractivity contribution in [3.8, 4) is 0 Å². The maximum Gasteiger partial charge on any atom is 0.252 e. The molecule has 0 aromatic heterocycles. The molecular formula is C14H16Br2N2O2. The zero-order valence-corrected chi connectivity index (χ0v) is 14.7. The molecule has 4 nitrogen and oxygen atoms in total. The summed E-state index contributed by atoms with van der Waals surface area (Å²) in [5.41, 5.74) is -0.204. The maximum atomic E-state index is 12.7. The number of anilines is 1. The number of hydrogen-bond donors (Lipinski definition) is 1. The van der Waals surface area contributed by atoms with Gasteiger partial charge in [-0.25, -0.2) is 0 Å². The Morgan fingerprint density at radius 1 is 1.25 bits per heavy atom. The molecule has 1 fully saturated rings. The highest BCUT2D eigenvalue weighted by Gasteiger charge is 2.46. The summed E-state index contributed by atoms with van der Waals surface area (Å²) in [5.74, 6) is -0.240. The largest absolute Gasteiger partial charge is 0.340 e. The molecule has 1 saturated heterocycles. The summed E-state index contributed by atoms with van der Waals surface area (Å²) in [6, 6.07) is 5.10. The summed E-state index contributed by atoms with van der Waals surface area (Å²) in [6.07, 6.45) is 0.557. The fraction of sp³-hybridized carbons (Fsp3) is 0.429. The number of carbonyl (C=O) groups is 2. The van der Waals surface area contributed by atoms with Crippen molar-refractivity contribution in [3.05, 3.63) is 27.1 Å². The lowest BCUT2D eigenvalue weighted by atomic mass is 9.95. The fourth-order valence-corrected chi connectivity index (χ4v) is 3.73. The van der Waals surface area contributed by atoms with Crippen LogP contribution in [0.25, 0.3) is 0 Å². The Labute approximate surface area is 135 Å². The van der Waals surface area contributed by atoms with Crippen LogP contribution in [0.2, 0.25) is 0 Å². The molecule has 2 amide bonds. The van der Waals surface area contributed by atoms with Crippen LogP contribution in [0, 0.1) is 0 Å². The van der Waals surface area contributed by atoms with Gasteiger partial charge in [-0.1, -0.05) is 13.0 Å². The van der Waals surface area contributed by atoms with Crippen molar-refractivity contribution < 1.29 is 9.59 Å². The average molecular weight is 404 g/mol. The van der Waals surface area contributed by atoms with Crippen molar-refractivity contribution in [1.29, 1.82) is 0 Å². The number of hydrogen-bond acceptors (Lipinski definition) is 2. The number of amides is 2. The molecule has 1 heterocycles. The lowest BCUT2D eigenvalue weighted by Crippen LogP contribution is -2.68. The number of nitrogens with one attached hydrogen (secondary N) is 1. The molecule has 0 spiro atoms. The molecular weight excluding hydrogens is 388 g/mol. The number of para-hydroxylation sites is 1. The molecule has 0 saturated carbocycles. The minimum atomic E-state index is -0.905. The van der Waals surface area contributed by atoms with Gasteiger partial charge in [0.15, 0.2) is 0 Å². The zero-order valence-electron chi connectivity index (χ0n) is 11.5. The molecule has 1 N–H and O–H groups in total. The molecule has 0 bridgehead atoms. The molecule has 2 rings (SSSR count). The Kier molecular flexibility index (Phi) is 4.25. The lowest BCUT2D eigenvalue weighted by Gasteiger charge is -2.43. The van der Waals surface area contributed by atoms with E-state index in [0.29, 0.717) is 12.1 Å². The number of rotatable bonds is 2. The molecule has 1 aliphatic rings. The Bertz CT molecular complexity index is 552. The van der Waals surface area contributed by atoms with Gasteiger partial charge >= 0.3 is 0 Å². The SMILES string of the molecule is CCC1C(=O)NC(C)(C)C(=O)N1c1c(Br)cccc1Br. The van der Waals surface area contributed by atoms with Crippen molar-refractivity contribution >= 4 is 49.4 Å². The van der Waals surface area contributed by atoms with Crippen LogP contribution in [-0.2, 0) is 9.59 Å². The second kappa shape index (κ2) is 5.48. The average Bonchev–Trinajstić information content (AvgIpc) is 2.34. The van der Waals surface area contributed by atoms with Crippen LogP contribution in [0.1, 0.15) is 27.2 Å². The standard InChI is InChI=1S/C14H16Br2N2O2/c1-4-10-12(19)17-14(2,3)13(20)18(10)11-8(15)6-5-7-9(11)16/h5-7,10H,4H2,1-3H3,(H,17,19). The maximum absolute atomic E-state index is 12.7. The molecule has 1 unspecified atom stereocenters. The predicted molar refractivity (Wildman–Crippen MR) is 85.6 cm³/mol. The summed E-state index contributed by atoms with van der Waals surface area (Å²) in [4.78, 5) is 26.6. The molecule has 1 aromatic carbocycles. The van der Waals surface area contributed by atoms with Gasteiger partial charge in [-0.3, -0.25) is 14.5 Å². The zero-order chi connectivity index (χ0) is 15.1. The van der Waals surface area contributed by atoms with E-state index in [2.05, 4.69) is 37.2 Å². The number of carbonyl (C=O) groups excluding carboxylic acids is 2. The van der Waals surface area contributed by atoms with Crippen LogP contribution >= 0.6 is 31.9 Å². The minimum Gasteiger partial charge on any atom is -0.340 e. The lowest BCUT2D eigenvalue weighted by molar-refractivity contribution is -0.137. The first kappa shape index (κ1) is 15.5. The molecule has 1 atom stereocenters. The van der Waals surface area contributed by atoms with E-state index in [4.69, 9.17) is 0 Å². The van der Waals surface area contributed by atoms with E-state index in [1.807, 2.05) is 25.1 Å². The van der Waals surface area contributed by atoms with Gasteiger partial charge < -0.3 is 5.32 Å². The van der Waals surface area contributed by atoms with Crippen molar-refractivity contribution in [1.82, 2.24) is 5.32 Å². The Balaban J connectivity index is 2.60. The molecule has 0 aliphatic carbocycles. The van der Waals surface area contributed by atoms with E-state index in [9.17, 15) is 9.59 Å². The van der Waals surface area contributed by atoms with Gasteiger partial charge in [0.1, 0.15) is 11.6 Å². The highest BCUT2D eigenvalue weighted by Crippen LogP contribution is 2.38. The Morgan fingerprint density at radius 2 is 1.80 bits per heavy atom. The van der Waals surface area contributed by atoms with Gasteiger partial charge in [0.05, 0.1) is 5.69 Å². The molecule has 1 aliphatic heterocycles. The highest BCUT2D eigenvalue weighted by atomic mass is 79.9. The molecule has 1 aromatic rings. The van der Waals surface area contributed by atoms with Crippen LogP contribution in [0.15, 0.2) is 27.1 Å². The van der Waals surface area contributed by atoms with Crippen LogP contribution < -0.4 is 10.2 Å².